The van der Waals surface area contributed by atoms with Gasteiger partial charge >= 0.3 is 5.97 Å². The van der Waals surface area contributed by atoms with Gasteiger partial charge in [0.25, 0.3) is 0 Å². The number of benzene rings is 1. The molecule has 0 radical (unpaired) electrons. The van der Waals surface area contributed by atoms with Gasteiger partial charge in [-0.25, -0.2) is 4.79 Å². The van der Waals surface area contributed by atoms with Gasteiger partial charge in [-0.15, -0.1) is 0 Å². The standard InChI is InChI=1S/C16H18N2O2/c1-12(15-5-3-4-10-17-15)18-11-13-6-8-14(9-7-13)16(19)20-2/h3-10,12,18H,11H2,1-2H3. The molecule has 1 atom stereocenters. The van der Waals surface area contributed by atoms with Crippen LogP contribution in [0.1, 0.15) is 34.6 Å². The molecule has 1 aromatic carbocycles. The number of hydrogen-bond acceptors (Lipinski definition) is 4. The van der Waals surface area contributed by atoms with Gasteiger partial charge in [-0.3, -0.25) is 4.98 Å². The van der Waals surface area contributed by atoms with Crippen molar-refractivity contribution < 1.29 is 9.53 Å². The highest BCUT2D eigenvalue weighted by Crippen LogP contribution is 2.10. The van der Waals surface area contributed by atoms with Crippen LogP contribution in [-0.2, 0) is 11.3 Å². The molecule has 0 saturated heterocycles. The second-order valence-corrected chi connectivity index (χ2v) is 4.55. The third-order valence-electron chi connectivity index (χ3n) is 3.12. The van der Waals surface area contributed by atoms with Crippen molar-refractivity contribution in [2.24, 2.45) is 0 Å². The number of rotatable bonds is 5. The monoisotopic (exact) mass is 270 g/mol. The average molecular weight is 270 g/mol. The Kier molecular flexibility index (Phi) is 4.85. The Morgan fingerprint density at radius 1 is 1.25 bits per heavy atom. The Morgan fingerprint density at radius 3 is 2.60 bits per heavy atom. The van der Waals surface area contributed by atoms with Gasteiger partial charge in [-0.05, 0) is 36.8 Å². The van der Waals surface area contributed by atoms with Crippen LogP contribution < -0.4 is 5.32 Å². The summed E-state index contributed by atoms with van der Waals surface area (Å²) in [5, 5.41) is 3.40. The summed E-state index contributed by atoms with van der Waals surface area (Å²) in [6, 6.07) is 13.4. The number of hydrogen-bond donors (Lipinski definition) is 1. The molecule has 0 aliphatic rings. The van der Waals surface area contributed by atoms with Gasteiger partial charge in [0.2, 0.25) is 0 Å². The van der Waals surface area contributed by atoms with E-state index in [0.29, 0.717) is 5.56 Å². The van der Waals surface area contributed by atoms with Crippen molar-refractivity contribution in [3.05, 3.63) is 65.5 Å². The zero-order valence-electron chi connectivity index (χ0n) is 11.7. The number of aromatic nitrogens is 1. The maximum atomic E-state index is 11.3. The molecule has 0 saturated carbocycles. The summed E-state index contributed by atoms with van der Waals surface area (Å²) < 4.78 is 4.67. The maximum Gasteiger partial charge on any atom is 0.337 e. The summed E-state index contributed by atoms with van der Waals surface area (Å²) in [5.74, 6) is -0.314. The Balaban J connectivity index is 1.93. The van der Waals surface area contributed by atoms with Crippen LogP contribution in [0.4, 0.5) is 0 Å². The van der Waals surface area contributed by atoms with Crippen molar-refractivity contribution in [1.82, 2.24) is 10.3 Å². The molecule has 0 aliphatic heterocycles. The molecule has 0 bridgehead atoms. The zero-order chi connectivity index (χ0) is 14.4. The molecule has 1 aromatic heterocycles. The van der Waals surface area contributed by atoms with Crippen LogP contribution in [0, 0.1) is 0 Å². The van der Waals surface area contributed by atoms with E-state index >= 15 is 0 Å². The molecule has 1 unspecified atom stereocenters. The van der Waals surface area contributed by atoms with Crippen LogP contribution in [0.15, 0.2) is 48.7 Å². The Bertz CT molecular complexity index is 552. The van der Waals surface area contributed by atoms with Crippen LogP contribution in [0.2, 0.25) is 0 Å². The molecule has 2 aromatic rings. The second-order valence-electron chi connectivity index (χ2n) is 4.55. The topological polar surface area (TPSA) is 51.2 Å². The first kappa shape index (κ1) is 14.2. The van der Waals surface area contributed by atoms with Crippen molar-refractivity contribution in [1.29, 1.82) is 0 Å². The van der Waals surface area contributed by atoms with Crippen LogP contribution >= 0.6 is 0 Å². The minimum atomic E-state index is -0.314. The third-order valence-corrected chi connectivity index (χ3v) is 3.12. The molecule has 0 amide bonds. The van der Waals surface area contributed by atoms with E-state index in [4.69, 9.17) is 0 Å². The lowest BCUT2D eigenvalue weighted by Crippen LogP contribution is -2.19. The number of pyridine rings is 1. The summed E-state index contributed by atoms with van der Waals surface area (Å²) in [7, 11) is 1.38. The molecule has 104 valence electrons. The molecule has 0 fully saturated rings. The lowest BCUT2D eigenvalue weighted by molar-refractivity contribution is 0.0600. The molecular formula is C16H18N2O2. The largest absolute Gasteiger partial charge is 0.465 e. The predicted octanol–water partition coefficient (Wildman–Crippen LogP) is 2.72. The van der Waals surface area contributed by atoms with Gasteiger partial charge < -0.3 is 10.1 Å². The first-order valence-electron chi connectivity index (χ1n) is 6.52. The Morgan fingerprint density at radius 2 is 2.00 bits per heavy atom. The molecule has 1 heterocycles. The highest BCUT2D eigenvalue weighted by Gasteiger charge is 2.07. The van der Waals surface area contributed by atoms with E-state index in [-0.39, 0.29) is 12.0 Å². The molecule has 0 spiro atoms. The molecule has 20 heavy (non-hydrogen) atoms. The lowest BCUT2D eigenvalue weighted by atomic mass is 10.1. The first-order chi connectivity index (χ1) is 9.70. The van der Waals surface area contributed by atoms with E-state index in [1.807, 2.05) is 30.3 Å². The van der Waals surface area contributed by atoms with Crippen molar-refractivity contribution in [3.8, 4) is 0 Å². The molecule has 4 nitrogen and oxygen atoms in total. The molecular weight excluding hydrogens is 252 g/mol. The van der Waals surface area contributed by atoms with Crippen LogP contribution in [-0.4, -0.2) is 18.1 Å². The van der Waals surface area contributed by atoms with Crippen molar-refractivity contribution >= 4 is 5.97 Å². The maximum absolute atomic E-state index is 11.3. The lowest BCUT2D eigenvalue weighted by Gasteiger charge is -2.13. The van der Waals surface area contributed by atoms with E-state index in [9.17, 15) is 4.79 Å². The fourth-order valence-electron chi connectivity index (χ4n) is 1.88. The smallest absolute Gasteiger partial charge is 0.337 e. The Labute approximate surface area is 118 Å². The quantitative estimate of drug-likeness (QED) is 0.849. The van der Waals surface area contributed by atoms with E-state index in [0.717, 1.165) is 17.8 Å². The van der Waals surface area contributed by atoms with Crippen LogP contribution in [0.5, 0.6) is 0 Å². The minimum absolute atomic E-state index is 0.177. The van der Waals surface area contributed by atoms with Crippen molar-refractivity contribution in [3.63, 3.8) is 0 Å². The number of nitrogens with zero attached hydrogens (tertiary/aromatic N) is 1. The van der Waals surface area contributed by atoms with Crippen molar-refractivity contribution in [2.45, 2.75) is 19.5 Å². The average Bonchev–Trinajstić information content (AvgIpc) is 2.53. The zero-order valence-corrected chi connectivity index (χ0v) is 11.7. The van der Waals surface area contributed by atoms with Gasteiger partial charge in [-0.2, -0.15) is 0 Å². The van der Waals surface area contributed by atoms with E-state index in [1.165, 1.54) is 7.11 Å². The van der Waals surface area contributed by atoms with E-state index in [1.54, 1.807) is 18.3 Å². The van der Waals surface area contributed by atoms with Crippen LogP contribution in [0.3, 0.4) is 0 Å². The van der Waals surface area contributed by atoms with Gasteiger partial charge in [0.15, 0.2) is 0 Å². The Hall–Kier alpha value is -2.20. The number of carbonyl (C=O) groups is 1. The van der Waals surface area contributed by atoms with Crippen LogP contribution in [0.25, 0.3) is 0 Å². The number of esters is 1. The number of carbonyl (C=O) groups excluding carboxylic acids is 1. The molecule has 0 aliphatic carbocycles. The summed E-state index contributed by atoms with van der Waals surface area (Å²) >= 11 is 0. The SMILES string of the molecule is COC(=O)c1ccc(CNC(C)c2ccccn2)cc1. The minimum Gasteiger partial charge on any atom is -0.465 e. The number of nitrogens with one attached hydrogen (secondary N) is 1. The van der Waals surface area contributed by atoms with Crippen molar-refractivity contribution in [2.75, 3.05) is 7.11 Å². The summed E-state index contributed by atoms with van der Waals surface area (Å²) in [5.41, 5.74) is 2.69. The van der Waals surface area contributed by atoms with Gasteiger partial charge in [0.1, 0.15) is 0 Å². The highest BCUT2D eigenvalue weighted by atomic mass is 16.5. The molecule has 1 N–H and O–H groups in total. The molecule has 4 heteroatoms. The fraction of sp³-hybridized carbons (Fsp3) is 0.250. The normalized spacial score (nSPS) is 11.9. The summed E-state index contributed by atoms with van der Waals surface area (Å²) in [4.78, 5) is 15.6. The fourth-order valence-corrected chi connectivity index (χ4v) is 1.88. The predicted molar refractivity (Wildman–Crippen MR) is 77.3 cm³/mol. The van der Waals surface area contributed by atoms with Gasteiger partial charge in [-0.1, -0.05) is 18.2 Å². The summed E-state index contributed by atoms with van der Waals surface area (Å²) in [6.07, 6.45) is 1.79. The highest BCUT2D eigenvalue weighted by molar-refractivity contribution is 5.89. The first-order valence-corrected chi connectivity index (χ1v) is 6.52. The third kappa shape index (κ3) is 3.65. The number of ether oxygens (including phenoxy) is 1. The second kappa shape index (κ2) is 6.82. The van der Waals surface area contributed by atoms with E-state index < -0.39 is 0 Å². The van der Waals surface area contributed by atoms with E-state index in [2.05, 4.69) is 22.0 Å². The van der Waals surface area contributed by atoms with Gasteiger partial charge in [0, 0.05) is 18.8 Å². The number of methoxy groups -OCH3 is 1. The molecule has 2 rings (SSSR count). The van der Waals surface area contributed by atoms with Gasteiger partial charge in [0.05, 0.1) is 18.4 Å². The summed E-state index contributed by atoms with van der Waals surface area (Å²) in [6.45, 7) is 2.80.